The van der Waals surface area contributed by atoms with Crippen LogP contribution in [-0.2, 0) is 20.9 Å². The van der Waals surface area contributed by atoms with E-state index < -0.39 is 18.2 Å². The standard InChI is InChI=1S/C20H21F3N2O5/c21-20(22,23)30-18-6-9-24-8-5-17(18)29-16-7-10-25(11-16)19(27)13-28-15-3-1-14(12-26)2-4-15/h1-6,9,16,26H,7-8,10-13H2. The van der Waals surface area contributed by atoms with Gasteiger partial charge in [0.15, 0.2) is 18.1 Å². The maximum atomic E-state index is 12.6. The lowest BCUT2D eigenvalue weighted by Crippen LogP contribution is -2.34. The van der Waals surface area contributed by atoms with E-state index in [1.54, 1.807) is 24.3 Å². The lowest BCUT2D eigenvalue weighted by molar-refractivity contribution is -0.305. The van der Waals surface area contributed by atoms with Crippen LogP contribution in [0.4, 0.5) is 13.2 Å². The highest BCUT2D eigenvalue weighted by atomic mass is 19.4. The number of rotatable bonds is 7. The number of hydrogen-bond donors (Lipinski definition) is 1. The molecule has 7 nitrogen and oxygen atoms in total. The molecule has 0 aromatic heterocycles. The molecule has 162 valence electrons. The molecule has 1 saturated heterocycles. The fraction of sp³-hybridized carbons (Fsp3) is 0.400. The summed E-state index contributed by atoms with van der Waals surface area (Å²) in [6.45, 7) is 0.531. The van der Waals surface area contributed by atoms with E-state index in [-0.39, 0.29) is 38.0 Å². The highest BCUT2D eigenvalue weighted by Crippen LogP contribution is 2.28. The van der Waals surface area contributed by atoms with Gasteiger partial charge in [0.05, 0.1) is 19.7 Å². The number of carbonyl (C=O) groups is 1. The van der Waals surface area contributed by atoms with Gasteiger partial charge in [0.1, 0.15) is 11.9 Å². The van der Waals surface area contributed by atoms with Crippen LogP contribution in [0, 0.1) is 0 Å². The SMILES string of the molecule is O=C(COc1ccc(CO)cc1)N1CCC(OC2=CCN=CC=C2OC(F)(F)F)C1. The molecule has 1 unspecified atom stereocenters. The monoisotopic (exact) mass is 426 g/mol. The predicted octanol–water partition coefficient (Wildman–Crippen LogP) is 2.56. The summed E-state index contributed by atoms with van der Waals surface area (Å²) in [6, 6.07) is 6.70. The molecule has 2 heterocycles. The molecule has 2 aliphatic rings. The molecule has 3 rings (SSSR count). The van der Waals surface area contributed by atoms with Crippen LogP contribution in [0.3, 0.4) is 0 Å². The highest BCUT2D eigenvalue weighted by molar-refractivity contribution is 5.78. The molecule has 1 fully saturated rings. The van der Waals surface area contributed by atoms with Crippen molar-refractivity contribution in [2.75, 3.05) is 26.2 Å². The van der Waals surface area contributed by atoms with Crippen LogP contribution < -0.4 is 4.74 Å². The second-order valence-electron chi connectivity index (χ2n) is 6.62. The van der Waals surface area contributed by atoms with Crippen molar-refractivity contribution >= 4 is 12.1 Å². The van der Waals surface area contributed by atoms with Crippen molar-refractivity contribution in [3.05, 3.63) is 53.5 Å². The van der Waals surface area contributed by atoms with Gasteiger partial charge in [0, 0.05) is 25.3 Å². The van der Waals surface area contributed by atoms with Gasteiger partial charge in [-0.1, -0.05) is 12.1 Å². The lowest BCUT2D eigenvalue weighted by Gasteiger charge is -2.20. The molecule has 1 aromatic carbocycles. The molecule has 1 atom stereocenters. The first-order valence-corrected chi connectivity index (χ1v) is 9.27. The van der Waals surface area contributed by atoms with Gasteiger partial charge >= 0.3 is 6.36 Å². The van der Waals surface area contributed by atoms with E-state index in [9.17, 15) is 18.0 Å². The van der Waals surface area contributed by atoms with Crippen molar-refractivity contribution in [1.82, 2.24) is 4.90 Å². The fourth-order valence-corrected chi connectivity index (χ4v) is 2.97. The number of likely N-dealkylation sites (tertiary alicyclic amines) is 1. The zero-order valence-electron chi connectivity index (χ0n) is 16.0. The molecule has 10 heteroatoms. The molecule has 1 N–H and O–H groups in total. The summed E-state index contributed by atoms with van der Waals surface area (Å²) in [4.78, 5) is 17.8. The van der Waals surface area contributed by atoms with Crippen LogP contribution in [0.2, 0.25) is 0 Å². The van der Waals surface area contributed by atoms with Crippen molar-refractivity contribution in [1.29, 1.82) is 0 Å². The summed E-state index contributed by atoms with van der Waals surface area (Å²) in [5.41, 5.74) is 0.731. The van der Waals surface area contributed by atoms with E-state index in [4.69, 9.17) is 14.6 Å². The number of halogens is 3. The molecular formula is C20H21F3N2O5. The van der Waals surface area contributed by atoms with Crippen LogP contribution in [0.1, 0.15) is 12.0 Å². The molecule has 0 spiro atoms. The average molecular weight is 426 g/mol. The Morgan fingerprint density at radius 1 is 1.23 bits per heavy atom. The Morgan fingerprint density at radius 2 is 2.00 bits per heavy atom. The van der Waals surface area contributed by atoms with Crippen LogP contribution in [-0.4, -0.2) is 60.8 Å². The Bertz CT molecular complexity index is 834. The number of aliphatic hydroxyl groups excluding tert-OH is 1. The molecular weight excluding hydrogens is 405 g/mol. The van der Waals surface area contributed by atoms with Crippen molar-refractivity contribution in [3.63, 3.8) is 0 Å². The van der Waals surface area contributed by atoms with E-state index in [0.29, 0.717) is 18.7 Å². The number of ether oxygens (including phenoxy) is 3. The van der Waals surface area contributed by atoms with Gasteiger partial charge in [-0.25, -0.2) is 0 Å². The first-order valence-electron chi connectivity index (χ1n) is 9.27. The molecule has 0 saturated carbocycles. The molecule has 0 aliphatic carbocycles. The number of nitrogens with zero attached hydrogens (tertiary/aromatic N) is 2. The Hall–Kier alpha value is -3.01. The van der Waals surface area contributed by atoms with Gasteiger partial charge in [-0.2, -0.15) is 0 Å². The maximum absolute atomic E-state index is 12.6. The van der Waals surface area contributed by atoms with E-state index >= 15 is 0 Å². The number of benzene rings is 1. The fourth-order valence-electron chi connectivity index (χ4n) is 2.97. The van der Waals surface area contributed by atoms with Gasteiger partial charge in [-0.05, 0) is 23.8 Å². The van der Waals surface area contributed by atoms with Crippen molar-refractivity contribution < 1.29 is 37.3 Å². The second kappa shape index (κ2) is 9.66. The number of allylic oxidation sites excluding steroid dienone is 1. The minimum atomic E-state index is -4.85. The zero-order chi connectivity index (χ0) is 21.6. The van der Waals surface area contributed by atoms with Crippen LogP contribution in [0.15, 0.2) is 52.9 Å². The summed E-state index contributed by atoms with van der Waals surface area (Å²) >= 11 is 0. The largest absolute Gasteiger partial charge is 0.573 e. The Kier molecular flexibility index (Phi) is 6.99. The van der Waals surface area contributed by atoms with E-state index in [2.05, 4.69) is 9.73 Å². The molecule has 30 heavy (non-hydrogen) atoms. The molecule has 0 bridgehead atoms. The van der Waals surface area contributed by atoms with E-state index in [1.165, 1.54) is 17.2 Å². The van der Waals surface area contributed by atoms with Gasteiger partial charge in [0.25, 0.3) is 5.91 Å². The quantitative estimate of drug-likeness (QED) is 0.725. The Labute approximate surface area is 171 Å². The smallest absolute Gasteiger partial charge is 0.485 e. The first-order chi connectivity index (χ1) is 14.3. The zero-order valence-corrected chi connectivity index (χ0v) is 16.0. The molecule has 1 amide bonds. The van der Waals surface area contributed by atoms with E-state index in [0.717, 1.165) is 11.6 Å². The third-order valence-electron chi connectivity index (χ3n) is 4.44. The molecule has 1 aromatic rings. The Morgan fingerprint density at radius 3 is 2.70 bits per heavy atom. The van der Waals surface area contributed by atoms with E-state index in [1.807, 2.05) is 0 Å². The third kappa shape index (κ3) is 6.24. The van der Waals surface area contributed by atoms with Crippen LogP contribution >= 0.6 is 0 Å². The second-order valence-corrected chi connectivity index (χ2v) is 6.62. The number of amides is 1. The summed E-state index contributed by atoms with van der Waals surface area (Å²) in [5, 5.41) is 9.03. The average Bonchev–Trinajstić information content (AvgIpc) is 3.08. The topological polar surface area (TPSA) is 80.6 Å². The van der Waals surface area contributed by atoms with Gasteiger partial charge in [-0.15, -0.1) is 13.2 Å². The van der Waals surface area contributed by atoms with Gasteiger partial charge in [0.2, 0.25) is 0 Å². The van der Waals surface area contributed by atoms with Crippen molar-refractivity contribution in [3.8, 4) is 5.75 Å². The van der Waals surface area contributed by atoms with Crippen molar-refractivity contribution in [2.45, 2.75) is 25.5 Å². The number of carbonyl (C=O) groups excluding carboxylic acids is 1. The van der Waals surface area contributed by atoms with Gasteiger partial charge in [-0.3, -0.25) is 9.79 Å². The summed E-state index contributed by atoms with van der Waals surface area (Å²) in [5.74, 6) is -0.282. The number of aliphatic imine (C=N–C) groups is 1. The van der Waals surface area contributed by atoms with Crippen molar-refractivity contribution in [2.24, 2.45) is 4.99 Å². The lowest BCUT2D eigenvalue weighted by atomic mass is 10.2. The minimum Gasteiger partial charge on any atom is -0.485 e. The summed E-state index contributed by atoms with van der Waals surface area (Å²) in [7, 11) is 0. The van der Waals surface area contributed by atoms with Gasteiger partial charge < -0.3 is 24.2 Å². The third-order valence-corrected chi connectivity index (χ3v) is 4.44. The number of aliphatic hydroxyl groups is 1. The first kappa shape index (κ1) is 21.7. The number of hydrogen-bond acceptors (Lipinski definition) is 6. The maximum Gasteiger partial charge on any atom is 0.573 e. The van der Waals surface area contributed by atoms with Crippen LogP contribution in [0.25, 0.3) is 0 Å². The Balaban J connectivity index is 1.51. The predicted molar refractivity (Wildman–Crippen MR) is 101 cm³/mol. The number of alkyl halides is 3. The summed E-state index contributed by atoms with van der Waals surface area (Å²) < 4.78 is 53.0. The highest BCUT2D eigenvalue weighted by Gasteiger charge is 2.35. The van der Waals surface area contributed by atoms with Crippen LogP contribution in [0.5, 0.6) is 5.75 Å². The molecule has 2 aliphatic heterocycles. The summed E-state index contributed by atoms with van der Waals surface area (Å²) in [6.07, 6.45) is -1.12. The minimum absolute atomic E-state index is 0.0515. The molecule has 0 radical (unpaired) electrons. The normalized spacial score (nSPS) is 19.1.